The summed E-state index contributed by atoms with van der Waals surface area (Å²) >= 11 is 0. The second kappa shape index (κ2) is 10.4. The molecule has 2 aliphatic rings. The van der Waals surface area contributed by atoms with Crippen LogP contribution in [0.3, 0.4) is 0 Å². The van der Waals surface area contributed by atoms with Crippen molar-refractivity contribution in [3.05, 3.63) is 54.7 Å². The Labute approximate surface area is 196 Å². The van der Waals surface area contributed by atoms with E-state index in [9.17, 15) is 24.7 Å². The number of carbonyl (C=O) groups is 3. The molecule has 180 valence electrons. The summed E-state index contributed by atoms with van der Waals surface area (Å²) < 4.78 is 5.79. The first-order valence-electron chi connectivity index (χ1n) is 11.1. The van der Waals surface area contributed by atoms with Crippen LogP contribution >= 0.6 is 0 Å². The number of piperazine rings is 1. The van der Waals surface area contributed by atoms with Crippen LogP contribution in [-0.4, -0.2) is 87.9 Å². The van der Waals surface area contributed by atoms with Gasteiger partial charge in [0.05, 0.1) is 12.5 Å². The number of pyridine rings is 1. The molecule has 0 aliphatic carbocycles. The number of carboxylic acid groups (broad SMARTS) is 1. The van der Waals surface area contributed by atoms with Gasteiger partial charge in [-0.1, -0.05) is 24.3 Å². The first kappa shape index (κ1) is 23.3. The number of nitrogens with zero attached hydrogens (tertiary/aromatic N) is 4. The lowest BCUT2D eigenvalue weighted by Crippen LogP contribution is -2.64. The number of piperidine rings is 1. The quantitative estimate of drug-likeness (QED) is 0.437. The van der Waals surface area contributed by atoms with E-state index in [0.29, 0.717) is 26.2 Å². The third-order valence-corrected chi connectivity index (χ3v) is 6.22. The number of hydrogen-bond acceptors (Lipinski definition) is 7. The van der Waals surface area contributed by atoms with Crippen molar-refractivity contribution < 1.29 is 29.4 Å². The van der Waals surface area contributed by atoms with Crippen LogP contribution in [-0.2, 0) is 9.59 Å². The minimum Gasteiger partial charge on any atom is -0.472 e. The summed E-state index contributed by atoms with van der Waals surface area (Å²) in [5.41, 5.74) is 2.63. The largest absolute Gasteiger partial charge is 0.472 e. The smallest absolute Gasteiger partial charge is 0.408 e. The fourth-order valence-electron chi connectivity index (χ4n) is 4.56. The van der Waals surface area contributed by atoms with Gasteiger partial charge in [-0.2, -0.15) is 0 Å². The van der Waals surface area contributed by atoms with Crippen LogP contribution in [0.2, 0.25) is 0 Å². The molecular formula is C23H27N5O6. The highest BCUT2D eigenvalue weighted by Gasteiger charge is 2.48. The molecule has 2 saturated heterocycles. The Bertz CT molecular complexity index is 999. The maximum Gasteiger partial charge on any atom is 0.408 e. The second-order valence-electron chi connectivity index (χ2n) is 8.25. The molecule has 3 N–H and O–H groups in total. The van der Waals surface area contributed by atoms with Gasteiger partial charge in [-0.15, -0.1) is 0 Å². The van der Waals surface area contributed by atoms with E-state index < -0.39 is 36.0 Å². The standard InChI is InChI=1S/C23H27N5O6/c29-21(25-33)18-14-17(34-19-8-4-5-9-24-19)15-28(23(31)32)20(18)22(30)27-12-10-26(11-13-27)16-6-2-1-3-7-16/h1-9,17-18,20,33H,10-15H2,(H,25,29)(H,31,32)/t17-,18?,20?/m0/s1. The molecule has 2 unspecified atom stereocenters. The molecule has 0 spiro atoms. The zero-order valence-electron chi connectivity index (χ0n) is 18.5. The second-order valence-corrected chi connectivity index (χ2v) is 8.25. The average molecular weight is 469 g/mol. The minimum absolute atomic E-state index is 0.0487. The van der Waals surface area contributed by atoms with E-state index in [0.717, 1.165) is 10.6 Å². The van der Waals surface area contributed by atoms with Gasteiger partial charge in [0, 0.05) is 50.6 Å². The van der Waals surface area contributed by atoms with Crippen molar-refractivity contribution in [3.8, 4) is 5.88 Å². The van der Waals surface area contributed by atoms with Crippen molar-refractivity contribution in [3.63, 3.8) is 0 Å². The van der Waals surface area contributed by atoms with E-state index in [4.69, 9.17) is 4.74 Å². The van der Waals surface area contributed by atoms with E-state index in [-0.39, 0.29) is 18.8 Å². The molecule has 34 heavy (non-hydrogen) atoms. The van der Waals surface area contributed by atoms with Gasteiger partial charge in [0.1, 0.15) is 12.1 Å². The normalized spacial score (nSPS) is 22.7. The molecule has 4 rings (SSSR count). The summed E-state index contributed by atoms with van der Waals surface area (Å²) in [4.78, 5) is 46.9. The SMILES string of the molecule is O=C(NO)C1C[C@H](Oc2ccccn2)CN(C(=O)O)C1C(=O)N1CCN(c2ccccc2)CC1. The van der Waals surface area contributed by atoms with Crippen LogP contribution < -0.4 is 15.1 Å². The molecule has 2 aliphatic heterocycles. The number of hydroxylamine groups is 1. The number of benzene rings is 1. The Morgan fingerprint density at radius 2 is 1.71 bits per heavy atom. The predicted octanol–water partition coefficient (Wildman–Crippen LogP) is 1.05. The molecule has 1 aromatic carbocycles. The molecule has 11 nitrogen and oxygen atoms in total. The molecule has 1 aromatic heterocycles. The number of aromatic nitrogens is 1. The molecule has 2 fully saturated rings. The first-order valence-corrected chi connectivity index (χ1v) is 11.1. The van der Waals surface area contributed by atoms with Gasteiger partial charge in [-0.3, -0.25) is 19.7 Å². The summed E-state index contributed by atoms with van der Waals surface area (Å²) in [5, 5.41) is 19.2. The number of ether oxygens (including phenoxy) is 1. The Balaban J connectivity index is 1.50. The fourth-order valence-corrected chi connectivity index (χ4v) is 4.56. The lowest BCUT2D eigenvalue weighted by atomic mass is 9.86. The number of para-hydroxylation sites is 1. The lowest BCUT2D eigenvalue weighted by molar-refractivity contribution is -0.150. The topological polar surface area (TPSA) is 136 Å². The lowest BCUT2D eigenvalue weighted by Gasteiger charge is -2.44. The maximum absolute atomic E-state index is 13.5. The monoisotopic (exact) mass is 469 g/mol. The van der Waals surface area contributed by atoms with E-state index in [1.54, 1.807) is 28.6 Å². The van der Waals surface area contributed by atoms with Crippen molar-refractivity contribution in [1.82, 2.24) is 20.3 Å². The number of nitrogens with one attached hydrogen (secondary N) is 1. The van der Waals surface area contributed by atoms with Gasteiger partial charge in [0.15, 0.2) is 0 Å². The highest BCUT2D eigenvalue weighted by molar-refractivity contribution is 5.92. The average Bonchev–Trinajstić information content (AvgIpc) is 2.88. The van der Waals surface area contributed by atoms with E-state index >= 15 is 0 Å². The Kier molecular flexibility index (Phi) is 7.12. The first-order chi connectivity index (χ1) is 16.5. The molecule has 2 aromatic rings. The molecule has 3 atom stereocenters. The van der Waals surface area contributed by atoms with E-state index in [1.165, 1.54) is 6.20 Å². The highest BCUT2D eigenvalue weighted by Crippen LogP contribution is 2.29. The highest BCUT2D eigenvalue weighted by atomic mass is 16.5. The van der Waals surface area contributed by atoms with Crippen LogP contribution in [0.1, 0.15) is 6.42 Å². The van der Waals surface area contributed by atoms with Crippen molar-refractivity contribution in [2.24, 2.45) is 5.92 Å². The number of hydrogen-bond donors (Lipinski definition) is 3. The minimum atomic E-state index is -1.34. The molecule has 0 saturated carbocycles. The van der Waals surface area contributed by atoms with Gasteiger partial charge in [0.25, 0.3) is 0 Å². The Hall–Kier alpha value is -3.86. The summed E-state index contributed by atoms with van der Waals surface area (Å²) in [6.45, 7) is 1.83. The fraction of sp³-hybridized carbons (Fsp3) is 0.391. The zero-order valence-corrected chi connectivity index (χ0v) is 18.5. The van der Waals surface area contributed by atoms with Gasteiger partial charge in [-0.05, 0) is 18.2 Å². The Morgan fingerprint density at radius 1 is 1.00 bits per heavy atom. The van der Waals surface area contributed by atoms with Crippen LogP contribution in [0.5, 0.6) is 5.88 Å². The summed E-state index contributed by atoms with van der Waals surface area (Å²) in [5.74, 6) is -2.13. The summed E-state index contributed by atoms with van der Waals surface area (Å²) in [6, 6.07) is 13.6. The van der Waals surface area contributed by atoms with E-state index in [2.05, 4.69) is 9.88 Å². The number of anilines is 1. The van der Waals surface area contributed by atoms with Crippen LogP contribution in [0.25, 0.3) is 0 Å². The number of rotatable bonds is 5. The summed E-state index contributed by atoms with van der Waals surface area (Å²) in [7, 11) is 0. The number of carbonyl (C=O) groups excluding carboxylic acids is 2. The molecule has 0 radical (unpaired) electrons. The van der Waals surface area contributed by atoms with Crippen molar-refractivity contribution in [2.75, 3.05) is 37.6 Å². The molecular weight excluding hydrogens is 442 g/mol. The predicted molar refractivity (Wildman–Crippen MR) is 120 cm³/mol. The third kappa shape index (κ3) is 5.04. The van der Waals surface area contributed by atoms with Crippen LogP contribution in [0, 0.1) is 5.92 Å². The molecule has 3 amide bonds. The van der Waals surface area contributed by atoms with Crippen molar-refractivity contribution in [1.29, 1.82) is 0 Å². The molecule has 11 heteroatoms. The van der Waals surface area contributed by atoms with Gasteiger partial charge < -0.3 is 19.6 Å². The van der Waals surface area contributed by atoms with E-state index in [1.807, 2.05) is 30.3 Å². The zero-order chi connectivity index (χ0) is 24.1. The van der Waals surface area contributed by atoms with Gasteiger partial charge >= 0.3 is 6.09 Å². The van der Waals surface area contributed by atoms with Crippen LogP contribution in [0.15, 0.2) is 54.7 Å². The Morgan fingerprint density at radius 3 is 2.32 bits per heavy atom. The van der Waals surface area contributed by atoms with Gasteiger partial charge in [0.2, 0.25) is 17.7 Å². The van der Waals surface area contributed by atoms with Crippen molar-refractivity contribution >= 4 is 23.6 Å². The van der Waals surface area contributed by atoms with Crippen LogP contribution in [0.4, 0.5) is 10.5 Å². The van der Waals surface area contributed by atoms with Gasteiger partial charge in [-0.25, -0.2) is 15.3 Å². The van der Waals surface area contributed by atoms with Crippen molar-refractivity contribution in [2.45, 2.75) is 18.6 Å². The molecule has 3 heterocycles. The number of likely N-dealkylation sites (tertiary alicyclic amines) is 1. The maximum atomic E-state index is 13.5. The molecule has 0 bridgehead atoms. The number of amides is 3. The third-order valence-electron chi connectivity index (χ3n) is 6.22. The summed E-state index contributed by atoms with van der Waals surface area (Å²) in [6.07, 6.45) is -0.474.